The first-order valence-electron chi connectivity index (χ1n) is 7.95. The lowest BCUT2D eigenvalue weighted by molar-refractivity contribution is -0.118. The van der Waals surface area contributed by atoms with Crippen molar-refractivity contribution in [2.45, 2.75) is 11.8 Å². The molecule has 0 bridgehead atoms. The lowest BCUT2D eigenvalue weighted by Gasteiger charge is -2.07. The van der Waals surface area contributed by atoms with E-state index < -0.39 is 15.7 Å². The molecule has 140 valence electrons. The van der Waals surface area contributed by atoms with Gasteiger partial charge in [0.15, 0.2) is 16.4 Å². The van der Waals surface area contributed by atoms with Gasteiger partial charge in [-0.2, -0.15) is 0 Å². The standard InChI is InChI=1S/C18H17N3O5S/c1-12-5-3-4-6-15(12)25-11-16(22)19-18-21-20-17(26-18)13-7-9-14(10-8-13)27(2,23)24/h3-10H,11H2,1-2H3,(H,19,21,22). The van der Waals surface area contributed by atoms with Crippen molar-refractivity contribution in [1.82, 2.24) is 10.2 Å². The van der Waals surface area contributed by atoms with E-state index in [4.69, 9.17) is 9.15 Å². The van der Waals surface area contributed by atoms with Gasteiger partial charge < -0.3 is 9.15 Å². The zero-order valence-corrected chi connectivity index (χ0v) is 15.5. The highest BCUT2D eigenvalue weighted by atomic mass is 32.2. The van der Waals surface area contributed by atoms with Gasteiger partial charge >= 0.3 is 6.01 Å². The molecule has 0 aliphatic heterocycles. The maximum absolute atomic E-state index is 12.0. The number of amides is 1. The number of nitrogens with one attached hydrogen (secondary N) is 1. The first kappa shape index (κ1) is 18.6. The van der Waals surface area contributed by atoms with Crippen LogP contribution < -0.4 is 10.1 Å². The number of rotatable bonds is 6. The highest BCUT2D eigenvalue weighted by Crippen LogP contribution is 2.22. The van der Waals surface area contributed by atoms with Crippen LogP contribution in [0.3, 0.4) is 0 Å². The molecule has 2 aromatic carbocycles. The van der Waals surface area contributed by atoms with Crippen LogP contribution in [-0.2, 0) is 14.6 Å². The van der Waals surface area contributed by atoms with Crippen molar-refractivity contribution < 1.29 is 22.4 Å². The smallest absolute Gasteiger partial charge is 0.322 e. The van der Waals surface area contributed by atoms with Crippen molar-refractivity contribution in [3.63, 3.8) is 0 Å². The molecule has 1 N–H and O–H groups in total. The highest BCUT2D eigenvalue weighted by Gasteiger charge is 2.13. The van der Waals surface area contributed by atoms with Gasteiger partial charge in [-0.1, -0.05) is 23.3 Å². The van der Waals surface area contributed by atoms with E-state index >= 15 is 0 Å². The molecule has 1 aromatic heterocycles. The van der Waals surface area contributed by atoms with E-state index in [0.29, 0.717) is 11.3 Å². The summed E-state index contributed by atoms with van der Waals surface area (Å²) < 4.78 is 33.8. The van der Waals surface area contributed by atoms with E-state index in [0.717, 1.165) is 11.8 Å². The van der Waals surface area contributed by atoms with Crippen LogP contribution in [0.15, 0.2) is 57.8 Å². The van der Waals surface area contributed by atoms with E-state index in [1.165, 1.54) is 12.1 Å². The van der Waals surface area contributed by atoms with Crippen LogP contribution in [0.4, 0.5) is 6.01 Å². The zero-order valence-electron chi connectivity index (χ0n) is 14.7. The number of benzene rings is 2. The quantitative estimate of drug-likeness (QED) is 0.691. The normalized spacial score (nSPS) is 11.2. The van der Waals surface area contributed by atoms with Crippen LogP contribution in [0, 0.1) is 6.92 Å². The molecule has 1 heterocycles. The first-order chi connectivity index (χ1) is 12.8. The molecular weight excluding hydrogens is 370 g/mol. The predicted molar refractivity (Wildman–Crippen MR) is 98.1 cm³/mol. The Balaban J connectivity index is 1.62. The maximum atomic E-state index is 12.0. The van der Waals surface area contributed by atoms with Crippen LogP contribution >= 0.6 is 0 Å². The van der Waals surface area contributed by atoms with Crippen LogP contribution in [-0.4, -0.2) is 37.4 Å². The second kappa shape index (κ2) is 7.58. The molecule has 9 heteroatoms. The molecule has 0 unspecified atom stereocenters. The Morgan fingerprint density at radius 2 is 1.81 bits per heavy atom. The van der Waals surface area contributed by atoms with Crippen molar-refractivity contribution in [3.8, 4) is 17.2 Å². The van der Waals surface area contributed by atoms with E-state index in [1.807, 2.05) is 25.1 Å². The molecule has 0 saturated heterocycles. The molecular formula is C18H17N3O5S. The van der Waals surface area contributed by atoms with Crippen molar-refractivity contribution in [2.75, 3.05) is 18.2 Å². The van der Waals surface area contributed by atoms with Crippen molar-refractivity contribution >= 4 is 21.8 Å². The molecule has 0 spiro atoms. The van der Waals surface area contributed by atoms with Crippen molar-refractivity contribution in [2.24, 2.45) is 0 Å². The third kappa shape index (κ3) is 4.70. The van der Waals surface area contributed by atoms with Gasteiger partial charge in [0.25, 0.3) is 5.91 Å². The number of hydrogen-bond acceptors (Lipinski definition) is 7. The Labute approximate surface area is 156 Å². The van der Waals surface area contributed by atoms with Crippen molar-refractivity contribution in [3.05, 3.63) is 54.1 Å². The van der Waals surface area contributed by atoms with E-state index in [2.05, 4.69) is 15.5 Å². The number of carbonyl (C=O) groups excluding carboxylic acids is 1. The first-order valence-corrected chi connectivity index (χ1v) is 9.84. The molecule has 0 atom stereocenters. The molecule has 0 radical (unpaired) electrons. The number of anilines is 1. The Bertz CT molecular complexity index is 1060. The van der Waals surface area contributed by atoms with E-state index in [9.17, 15) is 13.2 Å². The predicted octanol–water partition coefficient (Wildman–Crippen LogP) is 2.47. The molecule has 3 rings (SSSR count). The molecule has 1 amide bonds. The van der Waals surface area contributed by atoms with Gasteiger partial charge in [-0.3, -0.25) is 10.1 Å². The zero-order chi connectivity index (χ0) is 19.4. The number of carbonyl (C=O) groups is 1. The summed E-state index contributed by atoms with van der Waals surface area (Å²) in [6, 6.07) is 13.3. The fourth-order valence-electron chi connectivity index (χ4n) is 2.25. The monoisotopic (exact) mass is 387 g/mol. The molecule has 0 fully saturated rings. The number of ether oxygens (including phenoxy) is 1. The molecule has 0 aliphatic rings. The summed E-state index contributed by atoms with van der Waals surface area (Å²) in [7, 11) is -3.28. The fraction of sp³-hybridized carbons (Fsp3) is 0.167. The van der Waals surface area contributed by atoms with Crippen LogP contribution in [0.25, 0.3) is 11.5 Å². The lowest BCUT2D eigenvalue weighted by atomic mass is 10.2. The summed E-state index contributed by atoms with van der Waals surface area (Å²) in [5.74, 6) is 0.330. The summed E-state index contributed by atoms with van der Waals surface area (Å²) in [6.45, 7) is 1.68. The second-order valence-electron chi connectivity index (χ2n) is 5.81. The minimum atomic E-state index is -3.28. The Hall–Kier alpha value is -3.20. The SMILES string of the molecule is Cc1ccccc1OCC(=O)Nc1nnc(-c2ccc(S(C)(=O)=O)cc2)o1. The third-order valence-corrected chi connectivity index (χ3v) is 4.78. The van der Waals surface area contributed by atoms with Gasteiger partial charge in [-0.25, -0.2) is 8.42 Å². The van der Waals surface area contributed by atoms with Gasteiger partial charge in [0.2, 0.25) is 5.89 Å². The fourth-order valence-corrected chi connectivity index (χ4v) is 2.88. The maximum Gasteiger partial charge on any atom is 0.322 e. The van der Waals surface area contributed by atoms with Crippen LogP contribution in [0.2, 0.25) is 0 Å². The largest absolute Gasteiger partial charge is 0.483 e. The number of aromatic nitrogens is 2. The van der Waals surface area contributed by atoms with E-state index in [1.54, 1.807) is 18.2 Å². The topological polar surface area (TPSA) is 111 Å². The van der Waals surface area contributed by atoms with E-state index in [-0.39, 0.29) is 23.4 Å². The molecule has 0 saturated carbocycles. The summed E-state index contributed by atoms with van der Waals surface area (Å²) >= 11 is 0. The van der Waals surface area contributed by atoms with Gasteiger partial charge in [-0.05, 0) is 42.8 Å². The average Bonchev–Trinajstić information content (AvgIpc) is 3.09. The Kier molecular flexibility index (Phi) is 5.22. The molecule has 8 nitrogen and oxygen atoms in total. The summed E-state index contributed by atoms with van der Waals surface area (Å²) in [4.78, 5) is 12.2. The second-order valence-corrected chi connectivity index (χ2v) is 7.83. The minimum absolute atomic E-state index is 0.0735. The highest BCUT2D eigenvalue weighted by molar-refractivity contribution is 7.90. The van der Waals surface area contributed by atoms with Gasteiger partial charge in [0.05, 0.1) is 4.90 Å². The summed E-state index contributed by atoms with van der Waals surface area (Å²) in [5, 5.41) is 10.1. The van der Waals surface area contributed by atoms with Gasteiger partial charge in [0.1, 0.15) is 5.75 Å². The van der Waals surface area contributed by atoms with Gasteiger partial charge in [-0.15, -0.1) is 5.10 Å². The third-order valence-electron chi connectivity index (χ3n) is 3.65. The average molecular weight is 387 g/mol. The Morgan fingerprint density at radius 3 is 2.48 bits per heavy atom. The number of hydrogen-bond donors (Lipinski definition) is 1. The molecule has 3 aromatic rings. The van der Waals surface area contributed by atoms with Gasteiger partial charge in [0, 0.05) is 11.8 Å². The molecule has 0 aliphatic carbocycles. The summed E-state index contributed by atoms with van der Waals surface area (Å²) in [6.07, 6.45) is 1.13. The number of aryl methyl sites for hydroxylation is 1. The number of para-hydroxylation sites is 1. The Morgan fingerprint density at radius 1 is 1.11 bits per heavy atom. The van der Waals surface area contributed by atoms with Crippen LogP contribution in [0.5, 0.6) is 5.75 Å². The minimum Gasteiger partial charge on any atom is -0.483 e. The van der Waals surface area contributed by atoms with Crippen LogP contribution in [0.1, 0.15) is 5.56 Å². The number of sulfone groups is 1. The lowest BCUT2D eigenvalue weighted by Crippen LogP contribution is -2.20. The molecule has 27 heavy (non-hydrogen) atoms. The number of nitrogens with zero attached hydrogens (tertiary/aromatic N) is 2. The summed E-state index contributed by atoms with van der Waals surface area (Å²) in [5.41, 5.74) is 1.45. The van der Waals surface area contributed by atoms with Crippen molar-refractivity contribution in [1.29, 1.82) is 0 Å².